The average molecular weight is 925 g/mol. The summed E-state index contributed by atoms with van der Waals surface area (Å²) in [6, 6.07) is -1.37. The van der Waals surface area contributed by atoms with Gasteiger partial charge >= 0.3 is 59.1 Å². The second kappa shape index (κ2) is 27.2. The summed E-state index contributed by atoms with van der Waals surface area (Å²) in [7, 11) is -4.54. The third kappa shape index (κ3) is 16.9. The first kappa shape index (κ1) is 57.5. The molecule has 62 heavy (non-hydrogen) atoms. The summed E-state index contributed by atoms with van der Waals surface area (Å²) in [5, 5.41) is 71.1. The first-order valence-corrected chi connectivity index (χ1v) is 22.4. The van der Waals surface area contributed by atoms with Crippen LogP contribution >= 0.6 is 0 Å². The molecule has 0 aromatic rings. The number of Topliss-reactive ketones (excluding diaryl/α,β-unsaturated/α-hetero) is 1. The number of ketones is 1. The van der Waals surface area contributed by atoms with Crippen molar-refractivity contribution in [1.29, 1.82) is 0 Å². The Balaban J connectivity index is 0.00000661. The van der Waals surface area contributed by atoms with Crippen molar-refractivity contribution in [1.82, 2.24) is 10.6 Å². The number of aliphatic hydroxyl groups is 5. The van der Waals surface area contributed by atoms with Gasteiger partial charge in [-0.15, -0.1) is 0 Å². The van der Waals surface area contributed by atoms with Crippen LogP contribution in [0.5, 0.6) is 0 Å². The van der Waals surface area contributed by atoms with Crippen LogP contribution in [-0.4, -0.2) is 161 Å². The zero-order chi connectivity index (χ0) is 44.3. The van der Waals surface area contributed by atoms with Crippen molar-refractivity contribution in [2.75, 3.05) is 18.9 Å². The summed E-state index contributed by atoms with van der Waals surface area (Å²) in [6.07, 6.45) is -9.66. The summed E-state index contributed by atoms with van der Waals surface area (Å²) in [6.45, 7) is 3.78. The molecule has 2 aliphatic carbocycles. The van der Waals surface area contributed by atoms with Crippen LogP contribution < -0.4 is 74.9 Å². The Morgan fingerprint density at radius 2 is 1.60 bits per heavy atom. The number of ether oxygens (including phenoxy) is 5. The van der Waals surface area contributed by atoms with Crippen molar-refractivity contribution in [2.24, 2.45) is 17.8 Å². The predicted molar refractivity (Wildman–Crippen MR) is 204 cm³/mol. The van der Waals surface area contributed by atoms with Crippen LogP contribution in [0, 0.1) is 17.8 Å². The third-order valence-corrected chi connectivity index (χ3v) is 12.5. The molecule has 7 N–H and O–H groups in total. The number of hydrogen-bond donors (Lipinski definition) is 7. The Hall–Kier alpha value is -0.670. The maximum absolute atomic E-state index is 13.8. The van der Waals surface area contributed by atoms with Gasteiger partial charge in [0.1, 0.15) is 48.4 Å². The SMILES string of the molecule is CCC1CC(C(=O)CCCNC(=O)/C=C/CS(=O)(=O)[O-])C[C@@H](O[C@@H]2O[C@@H](CO)[C@H](O)C(O[C@@H](CC3CCCCC3)C(=O)[O-])C2NC(C)=O)[C@@H]1O[C@@H]1OC(C)[C@@H](O)[C@H](O)C1O.[Na+].[Na+]. The number of carbonyl (C=O) groups is 4. The van der Waals surface area contributed by atoms with Crippen molar-refractivity contribution in [3.63, 3.8) is 0 Å². The quantitative estimate of drug-likeness (QED) is 0.0258. The molecule has 2 heterocycles. The van der Waals surface area contributed by atoms with E-state index in [9.17, 15) is 62.8 Å². The van der Waals surface area contributed by atoms with Gasteiger partial charge in [0, 0.05) is 25.8 Å². The molecule has 2 amide bonds. The fourth-order valence-corrected chi connectivity index (χ4v) is 8.96. The molecule has 0 aromatic carbocycles. The van der Waals surface area contributed by atoms with E-state index in [0.29, 0.717) is 6.42 Å². The van der Waals surface area contributed by atoms with Crippen molar-refractivity contribution in [2.45, 2.75) is 171 Å². The summed E-state index contributed by atoms with van der Waals surface area (Å²) < 4.78 is 63.2. The minimum Gasteiger partial charge on any atom is -0.748 e. The van der Waals surface area contributed by atoms with Crippen LogP contribution in [0.25, 0.3) is 0 Å². The van der Waals surface area contributed by atoms with Crippen LogP contribution in [0.3, 0.4) is 0 Å². The first-order chi connectivity index (χ1) is 28.3. The molecule has 0 radical (unpaired) electrons. The minimum atomic E-state index is -4.54. The molecule has 2 saturated heterocycles. The Labute approximate surface area is 406 Å². The van der Waals surface area contributed by atoms with Gasteiger partial charge in [0.05, 0.1) is 52.9 Å². The first-order valence-electron chi connectivity index (χ1n) is 20.8. The molecule has 0 aromatic heterocycles. The van der Waals surface area contributed by atoms with Gasteiger partial charge in [-0.3, -0.25) is 14.4 Å². The fourth-order valence-electron chi connectivity index (χ4n) is 8.63. The molecule has 4 rings (SSSR count). The molecule has 0 bridgehead atoms. The van der Waals surface area contributed by atoms with E-state index < -0.39 is 132 Å². The van der Waals surface area contributed by atoms with E-state index in [1.54, 1.807) is 0 Å². The largest absolute Gasteiger partial charge is 1.00 e. The summed E-state index contributed by atoms with van der Waals surface area (Å²) in [5.74, 6) is -4.99. The van der Waals surface area contributed by atoms with Gasteiger partial charge in [-0.05, 0) is 50.5 Å². The molecular formula is C39H62N2Na2O18S. The molecule has 2 aliphatic heterocycles. The van der Waals surface area contributed by atoms with Crippen LogP contribution in [0.2, 0.25) is 0 Å². The van der Waals surface area contributed by atoms with E-state index >= 15 is 0 Å². The number of amides is 2. The van der Waals surface area contributed by atoms with Crippen LogP contribution in [-0.2, 0) is 53.0 Å². The molecule has 4 fully saturated rings. The van der Waals surface area contributed by atoms with Crippen molar-refractivity contribution in [3.05, 3.63) is 12.2 Å². The third-order valence-electron chi connectivity index (χ3n) is 11.9. The second-order valence-corrected chi connectivity index (χ2v) is 17.8. The summed E-state index contributed by atoms with van der Waals surface area (Å²) >= 11 is 0. The fraction of sp³-hybridized carbons (Fsp3) is 0.846. The maximum atomic E-state index is 13.8. The van der Waals surface area contributed by atoms with Gasteiger partial charge in [-0.1, -0.05) is 51.5 Å². The van der Waals surface area contributed by atoms with Gasteiger partial charge in [-0.2, -0.15) is 0 Å². The monoisotopic (exact) mass is 924 g/mol. The molecule has 344 valence electrons. The predicted octanol–water partition coefficient (Wildman–Crippen LogP) is -8.35. The van der Waals surface area contributed by atoms with E-state index in [1.165, 1.54) is 13.8 Å². The van der Waals surface area contributed by atoms with Crippen molar-refractivity contribution >= 4 is 33.7 Å². The van der Waals surface area contributed by atoms with E-state index in [4.69, 9.17) is 23.7 Å². The smallest absolute Gasteiger partial charge is 0.748 e. The number of rotatable bonds is 20. The molecule has 15 atom stereocenters. The van der Waals surface area contributed by atoms with Gasteiger partial charge < -0.3 is 74.3 Å². The standard InChI is InChI=1S/C39H64N2O18S.2Na/c1-4-23-17-24(25(44)12-8-14-40-29(45)13-9-15-60(52,53)54)18-26(35(23)59-39-34(49)33(48)31(46)20(2)55-39)57-38-30(41-21(3)43)36(32(47)28(19-42)58-38)56-27(37(50)51)16-22-10-6-5-7-11-22;;/h9,13,20,22-24,26-28,30-36,38-39,42,46-49H,4-8,10-12,14-19H2,1-3H3,(H,40,45)(H,41,43)(H,50,51)(H,52,53,54);;/q;2*+1/p-2/b13-9+;;/t20?,23?,24?,26-,27+,28+,30?,31-,32+,33+,34?,35-,36?,38-,39+;;/m1../s1. The second-order valence-electron chi connectivity index (χ2n) is 16.4. The molecule has 4 aliphatic rings. The topological polar surface area (TPSA) is 320 Å². The number of nitrogens with one attached hydrogen (secondary N) is 2. The number of carboxylic acid groups (broad SMARTS) is 1. The molecule has 23 heteroatoms. The number of carbonyl (C=O) groups excluding carboxylic acids is 4. The Morgan fingerprint density at radius 1 is 0.919 bits per heavy atom. The van der Waals surface area contributed by atoms with Crippen molar-refractivity contribution < 1.29 is 146 Å². The van der Waals surface area contributed by atoms with Crippen LogP contribution in [0.4, 0.5) is 0 Å². The Kier molecular flexibility index (Phi) is 25.2. The van der Waals surface area contributed by atoms with E-state index in [2.05, 4.69) is 10.6 Å². The number of aliphatic carboxylic acids is 1. The Morgan fingerprint density at radius 3 is 2.19 bits per heavy atom. The molecular weight excluding hydrogens is 862 g/mol. The number of hydrogen-bond acceptors (Lipinski definition) is 18. The molecule has 0 spiro atoms. The number of carboxylic acids is 1. The van der Waals surface area contributed by atoms with Crippen molar-refractivity contribution in [3.8, 4) is 0 Å². The molecule has 6 unspecified atom stereocenters. The molecule has 2 saturated carbocycles. The van der Waals surface area contributed by atoms with Gasteiger partial charge in [0.15, 0.2) is 12.6 Å². The average Bonchev–Trinajstić information content (AvgIpc) is 3.19. The Bertz CT molecular complexity index is 1570. The van der Waals surface area contributed by atoms with E-state index in [0.717, 1.165) is 44.3 Å². The van der Waals surface area contributed by atoms with Gasteiger partial charge in [0.25, 0.3) is 0 Å². The summed E-state index contributed by atoms with van der Waals surface area (Å²) in [4.78, 5) is 50.9. The minimum absolute atomic E-state index is 0. The van der Waals surface area contributed by atoms with Crippen LogP contribution in [0.1, 0.15) is 91.4 Å². The zero-order valence-electron chi connectivity index (χ0n) is 36.2. The van der Waals surface area contributed by atoms with Crippen LogP contribution in [0.15, 0.2) is 12.2 Å². The maximum Gasteiger partial charge on any atom is 1.00 e. The van der Waals surface area contributed by atoms with E-state index in [-0.39, 0.29) is 109 Å². The van der Waals surface area contributed by atoms with E-state index in [1.807, 2.05) is 6.92 Å². The normalized spacial score (nSPS) is 34.9. The zero-order valence-corrected chi connectivity index (χ0v) is 41.1. The molecule has 20 nitrogen and oxygen atoms in total. The van der Waals surface area contributed by atoms with Gasteiger partial charge in [-0.25, -0.2) is 8.42 Å². The summed E-state index contributed by atoms with van der Waals surface area (Å²) in [5.41, 5.74) is 0. The van der Waals surface area contributed by atoms with Gasteiger partial charge in [0.2, 0.25) is 11.8 Å². The number of aliphatic hydroxyl groups excluding tert-OH is 5.